The summed E-state index contributed by atoms with van der Waals surface area (Å²) in [6.45, 7) is 1.75. The quantitative estimate of drug-likeness (QED) is 0.653. The summed E-state index contributed by atoms with van der Waals surface area (Å²) in [6, 6.07) is 8.27. The molecule has 0 aliphatic carbocycles. The van der Waals surface area contributed by atoms with E-state index in [9.17, 15) is 9.59 Å². The zero-order valence-corrected chi connectivity index (χ0v) is 13.8. The average Bonchev–Trinajstić information content (AvgIpc) is 2.89. The zero-order chi connectivity index (χ0) is 15.7. The monoisotopic (exact) mass is 379 g/mol. The number of fused-ring (bicyclic) bond motifs is 1. The van der Waals surface area contributed by atoms with Crippen molar-refractivity contribution in [2.45, 2.75) is 13.5 Å². The third-order valence-electron chi connectivity index (χ3n) is 2.82. The minimum Gasteiger partial charge on any atom is -0.455 e. The molecule has 0 N–H and O–H groups in total. The molecule has 0 saturated heterocycles. The molecule has 1 aromatic carbocycles. The van der Waals surface area contributed by atoms with Gasteiger partial charge >= 0.3 is 5.97 Å². The molecule has 0 aliphatic rings. The normalized spacial score (nSPS) is 10.8. The van der Waals surface area contributed by atoms with Gasteiger partial charge in [0.25, 0.3) is 5.56 Å². The lowest BCUT2D eigenvalue weighted by atomic mass is 10.2. The molecule has 8 heteroatoms. The van der Waals surface area contributed by atoms with Crippen LogP contribution >= 0.6 is 27.3 Å². The third-order valence-corrected chi connectivity index (χ3v) is 4.23. The number of hydrogen-bond acceptors (Lipinski definition) is 6. The van der Waals surface area contributed by atoms with Gasteiger partial charge in [-0.25, -0.2) is 9.78 Å². The summed E-state index contributed by atoms with van der Waals surface area (Å²) < 4.78 is 7.30. The molecule has 22 heavy (non-hydrogen) atoms. The molecule has 0 fully saturated rings. The summed E-state index contributed by atoms with van der Waals surface area (Å²) in [4.78, 5) is 28.4. The lowest BCUT2D eigenvalue weighted by molar-refractivity contribution is 0.0471. The van der Waals surface area contributed by atoms with Crippen molar-refractivity contribution >= 4 is 38.2 Å². The number of benzene rings is 1. The van der Waals surface area contributed by atoms with Crippen molar-refractivity contribution in [2.75, 3.05) is 0 Å². The van der Waals surface area contributed by atoms with Gasteiger partial charge in [-0.15, -0.1) is 0 Å². The molecule has 0 atom stereocenters. The Morgan fingerprint density at radius 3 is 2.82 bits per heavy atom. The second-order valence-corrected chi connectivity index (χ2v) is 6.47. The third kappa shape index (κ3) is 3.07. The van der Waals surface area contributed by atoms with E-state index in [4.69, 9.17) is 4.74 Å². The number of ether oxygens (including phenoxy) is 1. The van der Waals surface area contributed by atoms with Crippen molar-refractivity contribution in [3.05, 3.63) is 61.4 Å². The van der Waals surface area contributed by atoms with Crippen LogP contribution in [-0.2, 0) is 11.3 Å². The van der Waals surface area contributed by atoms with Crippen LogP contribution in [0.25, 0.3) is 4.96 Å². The maximum Gasteiger partial charge on any atom is 0.338 e. The fourth-order valence-electron chi connectivity index (χ4n) is 1.81. The zero-order valence-electron chi connectivity index (χ0n) is 11.4. The standard InChI is InChI=1S/C14H10BrN3O3S/c1-8-6-12(19)18-14(16-8)22-11(17-18)7-21-13(20)9-2-4-10(15)5-3-9/h2-6H,7H2,1H3. The second kappa shape index (κ2) is 5.98. The van der Waals surface area contributed by atoms with Crippen LogP contribution in [0.3, 0.4) is 0 Å². The van der Waals surface area contributed by atoms with Crippen LogP contribution in [0.4, 0.5) is 0 Å². The van der Waals surface area contributed by atoms with Crippen molar-refractivity contribution in [3.8, 4) is 0 Å². The van der Waals surface area contributed by atoms with Crippen molar-refractivity contribution in [3.63, 3.8) is 0 Å². The van der Waals surface area contributed by atoms with Gasteiger partial charge in [-0.05, 0) is 31.2 Å². The van der Waals surface area contributed by atoms with Crippen LogP contribution in [0.2, 0.25) is 0 Å². The van der Waals surface area contributed by atoms with E-state index in [0.717, 1.165) is 4.47 Å². The number of esters is 1. The van der Waals surface area contributed by atoms with E-state index < -0.39 is 5.97 Å². The van der Waals surface area contributed by atoms with Crippen molar-refractivity contribution in [1.29, 1.82) is 0 Å². The number of hydrogen-bond donors (Lipinski definition) is 0. The highest BCUT2D eigenvalue weighted by Gasteiger charge is 2.11. The van der Waals surface area contributed by atoms with E-state index in [-0.39, 0.29) is 12.2 Å². The van der Waals surface area contributed by atoms with Gasteiger partial charge < -0.3 is 4.74 Å². The Morgan fingerprint density at radius 1 is 1.36 bits per heavy atom. The smallest absolute Gasteiger partial charge is 0.338 e. The second-order valence-electron chi connectivity index (χ2n) is 4.51. The Kier molecular flexibility index (Phi) is 4.04. The predicted octanol–water partition coefficient (Wildman–Crippen LogP) is 2.58. The Bertz CT molecular complexity index is 902. The van der Waals surface area contributed by atoms with E-state index >= 15 is 0 Å². The van der Waals surface area contributed by atoms with E-state index in [1.807, 2.05) is 0 Å². The van der Waals surface area contributed by atoms with E-state index in [1.54, 1.807) is 31.2 Å². The number of rotatable bonds is 3. The summed E-state index contributed by atoms with van der Waals surface area (Å²) in [5.41, 5.74) is 0.840. The summed E-state index contributed by atoms with van der Waals surface area (Å²) in [7, 11) is 0. The van der Waals surface area contributed by atoms with Crippen LogP contribution in [0, 0.1) is 6.92 Å². The summed E-state index contributed by atoms with van der Waals surface area (Å²) in [5, 5.41) is 4.62. The molecule has 112 valence electrons. The highest BCUT2D eigenvalue weighted by atomic mass is 79.9. The number of nitrogens with zero attached hydrogens (tertiary/aromatic N) is 3. The summed E-state index contributed by atoms with van der Waals surface area (Å²) in [5.74, 6) is -0.441. The fourth-order valence-corrected chi connectivity index (χ4v) is 2.94. The number of carbonyl (C=O) groups is 1. The molecule has 3 aromatic rings. The number of carbonyl (C=O) groups excluding carboxylic acids is 1. The number of aryl methyl sites for hydroxylation is 1. The molecule has 0 bridgehead atoms. The molecule has 0 amide bonds. The molecule has 2 heterocycles. The fraction of sp³-hybridized carbons (Fsp3) is 0.143. The maximum absolute atomic E-state index is 11.9. The molecule has 2 aromatic heterocycles. The Hall–Kier alpha value is -2.06. The molecule has 0 radical (unpaired) electrons. The lowest BCUT2D eigenvalue weighted by Crippen LogP contribution is -2.14. The van der Waals surface area contributed by atoms with Crippen LogP contribution in [0.15, 0.2) is 39.6 Å². The van der Waals surface area contributed by atoms with Crippen molar-refractivity contribution in [1.82, 2.24) is 14.6 Å². The Morgan fingerprint density at radius 2 is 2.09 bits per heavy atom. The van der Waals surface area contributed by atoms with E-state index in [2.05, 4.69) is 26.0 Å². The highest BCUT2D eigenvalue weighted by molar-refractivity contribution is 9.10. The molecular formula is C14H10BrN3O3S. The molecule has 0 aliphatic heterocycles. The van der Waals surface area contributed by atoms with E-state index in [0.29, 0.717) is 21.2 Å². The van der Waals surface area contributed by atoms with Gasteiger partial charge in [-0.2, -0.15) is 9.61 Å². The lowest BCUT2D eigenvalue weighted by Gasteiger charge is -2.02. The molecule has 0 saturated carbocycles. The van der Waals surface area contributed by atoms with Gasteiger partial charge in [0.1, 0.15) is 6.61 Å². The minimum absolute atomic E-state index is 0.00140. The molecule has 0 unspecified atom stereocenters. The van der Waals surface area contributed by atoms with Crippen LogP contribution in [0.5, 0.6) is 0 Å². The maximum atomic E-state index is 11.9. The van der Waals surface area contributed by atoms with Gasteiger partial charge in [0, 0.05) is 16.2 Å². The highest BCUT2D eigenvalue weighted by Crippen LogP contribution is 2.15. The number of halogens is 1. The van der Waals surface area contributed by atoms with Gasteiger partial charge in [0.2, 0.25) is 4.96 Å². The largest absolute Gasteiger partial charge is 0.455 e. The van der Waals surface area contributed by atoms with Gasteiger partial charge in [-0.3, -0.25) is 4.79 Å². The summed E-state index contributed by atoms with van der Waals surface area (Å²) in [6.07, 6.45) is 0. The molecule has 3 rings (SSSR count). The Labute approximate surface area is 137 Å². The summed E-state index contributed by atoms with van der Waals surface area (Å²) >= 11 is 4.52. The van der Waals surface area contributed by atoms with Crippen LogP contribution in [-0.4, -0.2) is 20.6 Å². The first-order valence-corrected chi connectivity index (χ1v) is 7.93. The predicted molar refractivity (Wildman–Crippen MR) is 85.1 cm³/mol. The topological polar surface area (TPSA) is 73.6 Å². The van der Waals surface area contributed by atoms with E-state index in [1.165, 1.54) is 21.9 Å². The van der Waals surface area contributed by atoms with Gasteiger partial charge in [-0.1, -0.05) is 27.3 Å². The SMILES string of the molecule is Cc1cc(=O)n2nc(COC(=O)c3ccc(Br)cc3)sc2n1. The first kappa shape index (κ1) is 14.9. The first-order valence-electron chi connectivity index (χ1n) is 6.32. The minimum atomic E-state index is -0.441. The molecule has 0 spiro atoms. The van der Waals surface area contributed by atoms with Crippen LogP contribution < -0.4 is 5.56 Å². The van der Waals surface area contributed by atoms with Crippen molar-refractivity contribution in [2.24, 2.45) is 0 Å². The average molecular weight is 380 g/mol. The first-order chi connectivity index (χ1) is 10.5. The van der Waals surface area contributed by atoms with Crippen LogP contribution in [0.1, 0.15) is 21.1 Å². The van der Waals surface area contributed by atoms with Gasteiger partial charge in [0.05, 0.1) is 5.56 Å². The van der Waals surface area contributed by atoms with Crippen molar-refractivity contribution < 1.29 is 9.53 Å². The number of aromatic nitrogens is 3. The van der Waals surface area contributed by atoms with Gasteiger partial charge in [0.15, 0.2) is 5.01 Å². The molecular weight excluding hydrogens is 370 g/mol. The Balaban J connectivity index is 1.76. The molecule has 6 nitrogen and oxygen atoms in total.